The van der Waals surface area contributed by atoms with Crippen molar-refractivity contribution in [3.63, 3.8) is 0 Å². The van der Waals surface area contributed by atoms with Crippen LogP contribution in [0.25, 0.3) is 0 Å². The first-order valence-corrected chi connectivity index (χ1v) is 5.02. The average molecular weight is 199 g/mol. The second kappa shape index (κ2) is 7.24. The number of rotatable bonds is 1. The summed E-state index contributed by atoms with van der Waals surface area (Å²) in [5.74, 6) is 0.843. The monoisotopic (exact) mass is 198 g/mol. The Balaban J connectivity index is 0. The van der Waals surface area contributed by atoms with E-state index in [0.717, 1.165) is 5.92 Å². The van der Waals surface area contributed by atoms with E-state index in [1.165, 1.54) is 6.42 Å². The Morgan fingerprint density at radius 2 is 1.36 bits per heavy atom. The Morgan fingerprint density at radius 1 is 1.09 bits per heavy atom. The maximum atomic E-state index is 4.76. The number of hydrogen-bond donors (Lipinski definition) is 0. The van der Waals surface area contributed by atoms with E-state index in [1.807, 2.05) is 0 Å². The van der Waals surface area contributed by atoms with Crippen LogP contribution < -0.4 is 0 Å². The van der Waals surface area contributed by atoms with Crippen molar-refractivity contribution in [1.82, 2.24) is 0 Å². The van der Waals surface area contributed by atoms with Gasteiger partial charge in [-0.2, -0.15) is 0 Å². The van der Waals surface area contributed by atoms with E-state index in [9.17, 15) is 0 Å². The molecule has 0 unspecified atom stereocenters. The average Bonchev–Trinajstić information content (AvgIpc) is 1.57. The van der Waals surface area contributed by atoms with Crippen LogP contribution in [-0.2, 0) is 0 Å². The summed E-state index contributed by atoms with van der Waals surface area (Å²) in [5, 5.41) is 0.194. The van der Waals surface area contributed by atoms with Crippen molar-refractivity contribution in [1.29, 1.82) is 0 Å². The van der Waals surface area contributed by atoms with Crippen LogP contribution in [0.3, 0.4) is 0 Å². The zero-order valence-corrected chi connectivity index (χ0v) is 9.76. The second-order valence-corrected chi connectivity index (χ2v) is 5.07. The van der Waals surface area contributed by atoms with Crippen LogP contribution in [0.4, 0.5) is 0 Å². The van der Waals surface area contributed by atoms with E-state index in [2.05, 4.69) is 34.6 Å². The normalized spacial score (nSPS) is 10.9. The van der Waals surface area contributed by atoms with Crippen molar-refractivity contribution in [2.75, 3.05) is 5.34 Å². The summed E-state index contributed by atoms with van der Waals surface area (Å²) in [4.78, 5) is 0. The molecule has 0 spiro atoms. The molecule has 0 rings (SSSR count). The van der Waals surface area contributed by atoms with Crippen LogP contribution in [0, 0.1) is 11.3 Å². The minimum Gasteiger partial charge on any atom is -0.109 e. The SMILES string of the molecule is CC(C)CC(C)(C)C.ClCCl. The first-order valence-electron chi connectivity index (χ1n) is 3.95. The van der Waals surface area contributed by atoms with Crippen LogP contribution >= 0.6 is 23.2 Å². The van der Waals surface area contributed by atoms with Crippen molar-refractivity contribution >= 4 is 23.2 Å². The van der Waals surface area contributed by atoms with Crippen LogP contribution in [0.5, 0.6) is 0 Å². The molecule has 0 bridgehead atoms. The molecule has 0 saturated heterocycles. The van der Waals surface area contributed by atoms with Gasteiger partial charge in [0.05, 0.1) is 5.34 Å². The molecule has 0 N–H and O–H groups in total. The van der Waals surface area contributed by atoms with Gasteiger partial charge in [0.15, 0.2) is 0 Å². The summed E-state index contributed by atoms with van der Waals surface area (Å²) in [6, 6.07) is 0. The number of hydrogen-bond acceptors (Lipinski definition) is 0. The molecular formula is C9H20Cl2. The Kier molecular flexibility index (Phi) is 9.30. The zero-order valence-electron chi connectivity index (χ0n) is 8.25. The fourth-order valence-electron chi connectivity index (χ4n) is 1.22. The summed E-state index contributed by atoms with van der Waals surface area (Å²) in [6.07, 6.45) is 1.33. The highest BCUT2D eigenvalue weighted by Gasteiger charge is 2.11. The third-order valence-electron chi connectivity index (χ3n) is 1.02. The van der Waals surface area contributed by atoms with Gasteiger partial charge in [-0.1, -0.05) is 34.6 Å². The molecule has 0 saturated carbocycles. The van der Waals surface area contributed by atoms with Crippen molar-refractivity contribution in [2.24, 2.45) is 11.3 Å². The van der Waals surface area contributed by atoms with Gasteiger partial charge in [0.25, 0.3) is 0 Å². The summed E-state index contributed by atoms with van der Waals surface area (Å²) in [6.45, 7) is 11.4. The lowest BCUT2D eigenvalue weighted by Gasteiger charge is -2.19. The molecule has 0 nitrogen and oxygen atoms in total. The van der Waals surface area contributed by atoms with Gasteiger partial charge in [-0.25, -0.2) is 0 Å². The molecular weight excluding hydrogens is 179 g/mol. The minimum absolute atomic E-state index is 0.194. The Labute approximate surface area is 81.3 Å². The number of halogens is 2. The maximum absolute atomic E-state index is 4.76. The molecule has 0 aliphatic carbocycles. The zero-order chi connectivity index (χ0) is 9.49. The van der Waals surface area contributed by atoms with E-state index in [1.54, 1.807) is 0 Å². The van der Waals surface area contributed by atoms with Gasteiger partial charge < -0.3 is 0 Å². The highest BCUT2D eigenvalue weighted by molar-refractivity contribution is 6.40. The molecule has 0 aliphatic heterocycles. The van der Waals surface area contributed by atoms with Crippen LogP contribution in [-0.4, -0.2) is 5.34 Å². The minimum atomic E-state index is 0.194. The lowest BCUT2D eigenvalue weighted by Crippen LogP contribution is -2.08. The van der Waals surface area contributed by atoms with Crippen molar-refractivity contribution in [3.8, 4) is 0 Å². The van der Waals surface area contributed by atoms with Crippen LogP contribution in [0.2, 0.25) is 0 Å². The molecule has 0 aromatic heterocycles. The Hall–Kier alpha value is 0.580. The molecule has 0 atom stereocenters. The van der Waals surface area contributed by atoms with E-state index in [0.29, 0.717) is 5.41 Å². The molecule has 0 amide bonds. The molecule has 0 aromatic carbocycles. The molecule has 0 heterocycles. The lowest BCUT2D eigenvalue weighted by molar-refractivity contribution is 0.320. The van der Waals surface area contributed by atoms with Crippen molar-refractivity contribution < 1.29 is 0 Å². The van der Waals surface area contributed by atoms with E-state index in [4.69, 9.17) is 23.2 Å². The highest BCUT2D eigenvalue weighted by Crippen LogP contribution is 2.23. The smallest absolute Gasteiger partial charge is 0.0967 e. The van der Waals surface area contributed by atoms with Gasteiger partial charge in [-0.15, -0.1) is 23.2 Å². The largest absolute Gasteiger partial charge is 0.109 e. The molecule has 0 aliphatic rings. The fourth-order valence-corrected chi connectivity index (χ4v) is 1.22. The molecule has 0 aromatic rings. The fraction of sp³-hybridized carbons (Fsp3) is 1.00. The van der Waals surface area contributed by atoms with Gasteiger partial charge in [-0.3, -0.25) is 0 Å². The highest BCUT2D eigenvalue weighted by atomic mass is 35.5. The van der Waals surface area contributed by atoms with Gasteiger partial charge in [0.2, 0.25) is 0 Å². The van der Waals surface area contributed by atoms with Gasteiger partial charge in [0.1, 0.15) is 0 Å². The summed E-state index contributed by atoms with van der Waals surface area (Å²) in [7, 11) is 0. The first-order chi connectivity index (χ1) is 4.83. The quantitative estimate of drug-likeness (QED) is 0.545. The Bertz CT molecular complexity index is 72.1. The molecule has 0 fully saturated rings. The Morgan fingerprint density at radius 3 is 1.36 bits per heavy atom. The topological polar surface area (TPSA) is 0 Å². The summed E-state index contributed by atoms with van der Waals surface area (Å²) < 4.78 is 0. The van der Waals surface area contributed by atoms with Crippen LogP contribution in [0.1, 0.15) is 41.0 Å². The first kappa shape index (κ1) is 14.1. The van der Waals surface area contributed by atoms with Crippen LogP contribution in [0.15, 0.2) is 0 Å². The van der Waals surface area contributed by atoms with E-state index < -0.39 is 0 Å². The second-order valence-electron chi connectivity index (χ2n) is 4.26. The summed E-state index contributed by atoms with van der Waals surface area (Å²) >= 11 is 9.53. The van der Waals surface area contributed by atoms with E-state index in [-0.39, 0.29) is 5.34 Å². The third-order valence-corrected chi connectivity index (χ3v) is 1.02. The number of alkyl halides is 2. The van der Waals surface area contributed by atoms with Gasteiger partial charge in [-0.05, 0) is 17.8 Å². The third kappa shape index (κ3) is 25.0. The predicted molar refractivity (Wildman–Crippen MR) is 55.5 cm³/mol. The van der Waals surface area contributed by atoms with Gasteiger partial charge in [0, 0.05) is 0 Å². The standard InChI is InChI=1S/C8H18.CH2Cl2/c1-7(2)6-8(3,4)5;2-1-3/h7H,6H2,1-5H3;1H2. The van der Waals surface area contributed by atoms with Crippen molar-refractivity contribution in [2.45, 2.75) is 41.0 Å². The maximum Gasteiger partial charge on any atom is 0.0967 e. The molecule has 70 valence electrons. The lowest BCUT2D eigenvalue weighted by atomic mass is 9.86. The molecule has 0 radical (unpaired) electrons. The van der Waals surface area contributed by atoms with E-state index >= 15 is 0 Å². The predicted octanol–water partition coefficient (Wildman–Crippen LogP) is 4.50. The molecule has 11 heavy (non-hydrogen) atoms. The van der Waals surface area contributed by atoms with Crippen molar-refractivity contribution in [3.05, 3.63) is 0 Å². The van der Waals surface area contributed by atoms with Gasteiger partial charge >= 0.3 is 0 Å². The molecule has 2 heteroatoms. The summed E-state index contributed by atoms with van der Waals surface area (Å²) in [5.41, 5.74) is 0.522.